The lowest BCUT2D eigenvalue weighted by molar-refractivity contribution is 0.0311. The van der Waals surface area contributed by atoms with Gasteiger partial charge in [-0.3, -0.25) is 0 Å². The molecule has 20 heavy (non-hydrogen) atoms. The average molecular weight is 312 g/mol. The fourth-order valence-corrected chi connectivity index (χ4v) is 3.78. The lowest BCUT2D eigenvalue weighted by atomic mass is 10.2. The van der Waals surface area contributed by atoms with Crippen molar-refractivity contribution in [1.29, 1.82) is 10.5 Å². The van der Waals surface area contributed by atoms with Crippen molar-refractivity contribution in [1.82, 2.24) is 4.31 Å². The van der Waals surface area contributed by atoms with Crippen LogP contribution in [0.2, 0.25) is 5.02 Å². The minimum absolute atomic E-state index is 0.0101. The molecule has 8 heteroatoms. The number of nitriles is 2. The minimum atomic E-state index is -3.80. The Morgan fingerprint density at radius 3 is 2.75 bits per heavy atom. The summed E-state index contributed by atoms with van der Waals surface area (Å²) in [5.74, 6) is 0. The van der Waals surface area contributed by atoms with E-state index in [1.165, 1.54) is 18.2 Å². The number of hydrogen-bond donors (Lipinski definition) is 0. The third-order valence-electron chi connectivity index (χ3n) is 2.85. The molecular formula is C12H10ClN3O3S. The van der Waals surface area contributed by atoms with E-state index in [0.717, 1.165) is 4.31 Å². The van der Waals surface area contributed by atoms with Gasteiger partial charge < -0.3 is 4.74 Å². The summed E-state index contributed by atoms with van der Waals surface area (Å²) >= 11 is 5.93. The van der Waals surface area contributed by atoms with Crippen molar-refractivity contribution < 1.29 is 13.2 Å². The third-order valence-corrected chi connectivity index (χ3v) is 5.20. The van der Waals surface area contributed by atoms with Gasteiger partial charge in [0.25, 0.3) is 0 Å². The van der Waals surface area contributed by atoms with Crippen LogP contribution in [0.15, 0.2) is 23.1 Å². The monoisotopic (exact) mass is 311 g/mol. The van der Waals surface area contributed by atoms with E-state index >= 15 is 0 Å². The molecular weight excluding hydrogens is 302 g/mol. The predicted octanol–water partition coefficient (Wildman–Crippen LogP) is 1.12. The van der Waals surface area contributed by atoms with Crippen LogP contribution >= 0.6 is 11.6 Å². The van der Waals surface area contributed by atoms with Crippen LogP contribution < -0.4 is 0 Å². The van der Waals surface area contributed by atoms with Crippen LogP contribution in [0.25, 0.3) is 0 Å². The Bertz CT molecular complexity index is 706. The molecule has 1 aromatic carbocycles. The molecule has 0 spiro atoms. The summed E-state index contributed by atoms with van der Waals surface area (Å²) in [4.78, 5) is -0.0724. The predicted molar refractivity (Wildman–Crippen MR) is 70.3 cm³/mol. The Kier molecular flexibility index (Phi) is 4.26. The molecule has 0 aromatic heterocycles. The first kappa shape index (κ1) is 14.8. The molecule has 1 aliphatic rings. The van der Waals surface area contributed by atoms with Crippen molar-refractivity contribution in [2.75, 3.05) is 19.7 Å². The van der Waals surface area contributed by atoms with Crippen molar-refractivity contribution in [3.63, 3.8) is 0 Å². The van der Waals surface area contributed by atoms with Gasteiger partial charge >= 0.3 is 0 Å². The number of ether oxygens (including phenoxy) is 1. The normalized spacial score (nSPS) is 20.1. The topological polar surface area (TPSA) is 94.2 Å². The summed E-state index contributed by atoms with van der Waals surface area (Å²) in [7, 11) is -3.80. The highest BCUT2D eigenvalue weighted by Crippen LogP contribution is 2.26. The Balaban J connectivity index is 2.36. The van der Waals surface area contributed by atoms with Gasteiger partial charge in [0.05, 0.1) is 35.9 Å². The highest BCUT2D eigenvalue weighted by atomic mass is 35.5. The molecule has 1 aromatic rings. The van der Waals surface area contributed by atoms with E-state index in [1.807, 2.05) is 12.1 Å². The molecule has 1 heterocycles. The van der Waals surface area contributed by atoms with Crippen LogP contribution in [0, 0.1) is 22.7 Å². The SMILES string of the molecule is N#Cc1ccc(S(=O)(=O)N2CCOC(C#N)C2)c(Cl)c1. The first-order valence-corrected chi connectivity index (χ1v) is 7.52. The van der Waals surface area contributed by atoms with Crippen LogP contribution in [-0.2, 0) is 14.8 Å². The Labute approximate surface area is 121 Å². The van der Waals surface area contributed by atoms with Crippen LogP contribution in [0.4, 0.5) is 0 Å². The maximum absolute atomic E-state index is 12.5. The number of halogens is 1. The molecule has 2 rings (SSSR count). The molecule has 1 atom stereocenters. The lowest BCUT2D eigenvalue weighted by Gasteiger charge is -2.29. The van der Waals surface area contributed by atoms with Crippen LogP contribution in [0.1, 0.15) is 5.56 Å². The number of rotatable bonds is 2. The van der Waals surface area contributed by atoms with E-state index in [-0.39, 0.29) is 35.2 Å². The van der Waals surface area contributed by atoms with E-state index < -0.39 is 16.1 Å². The fraction of sp³-hybridized carbons (Fsp3) is 0.333. The maximum Gasteiger partial charge on any atom is 0.244 e. The lowest BCUT2D eigenvalue weighted by Crippen LogP contribution is -2.45. The molecule has 1 unspecified atom stereocenters. The quantitative estimate of drug-likeness (QED) is 0.816. The van der Waals surface area contributed by atoms with Gasteiger partial charge in [-0.1, -0.05) is 11.6 Å². The second-order valence-corrected chi connectivity index (χ2v) is 6.42. The number of nitrogens with zero attached hydrogens (tertiary/aromatic N) is 3. The number of hydrogen-bond acceptors (Lipinski definition) is 5. The van der Waals surface area contributed by atoms with E-state index in [2.05, 4.69) is 0 Å². The second-order valence-electron chi connectivity index (χ2n) is 4.11. The summed E-state index contributed by atoms with van der Waals surface area (Å²) in [6.45, 7) is 0.289. The molecule has 6 nitrogen and oxygen atoms in total. The zero-order chi connectivity index (χ0) is 14.8. The van der Waals surface area contributed by atoms with E-state index in [1.54, 1.807) is 0 Å². The van der Waals surface area contributed by atoms with Gasteiger partial charge in [-0.15, -0.1) is 0 Å². The number of benzene rings is 1. The highest BCUT2D eigenvalue weighted by Gasteiger charge is 2.32. The summed E-state index contributed by atoms with van der Waals surface area (Å²) in [5, 5.41) is 17.5. The van der Waals surface area contributed by atoms with Gasteiger partial charge in [0.2, 0.25) is 10.0 Å². The molecule has 0 N–H and O–H groups in total. The smallest absolute Gasteiger partial charge is 0.244 e. The summed E-state index contributed by atoms with van der Waals surface area (Å²) < 4.78 is 31.2. The Morgan fingerprint density at radius 2 is 2.15 bits per heavy atom. The highest BCUT2D eigenvalue weighted by molar-refractivity contribution is 7.89. The fourth-order valence-electron chi connectivity index (χ4n) is 1.84. The number of sulfonamides is 1. The molecule has 0 aliphatic carbocycles. The van der Waals surface area contributed by atoms with Crippen molar-refractivity contribution in [3.8, 4) is 12.1 Å². The van der Waals surface area contributed by atoms with E-state index in [9.17, 15) is 8.42 Å². The van der Waals surface area contributed by atoms with Crippen molar-refractivity contribution in [2.24, 2.45) is 0 Å². The molecule has 0 bridgehead atoms. The largest absolute Gasteiger partial charge is 0.361 e. The second kappa shape index (κ2) is 5.78. The molecule has 1 saturated heterocycles. The van der Waals surface area contributed by atoms with Crippen molar-refractivity contribution in [2.45, 2.75) is 11.0 Å². The standard InChI is InChI=1S/C12H10ClN3O3S/c13-11-5-9(6-14)1-2-12(11)20(17,18)16-3-4-19-10(7-15)8-16/h1-2,5,10H,3-4,8H2. The van der Waals surface area contributed by atoms with Gasteiger partial charge in [0, 0.05) is 6.54 Å². The summed E-state index contributed by atoms with van der Waals surface area (Å²) in [5.41, 5.74) is 0.283. The molecule has 0 saturated carbocycles. The van der Waals surface area contributed by atoms with Gasteiger partial charge in [-0.05, 0) is 18.2 Å². The Hall–Kier alpha value is -1.64. The van der Waals surface area contributed by atoms with Gasteiger partial charge in [-0.25, -0.2) is 8.42 Å². The average Bonchev–Trinajstić information content (AvgIpc) is 2.46. The van der Waals surface area contributed by atoms with Gasteiger partial charge in [0.1, 0.15) is 4.90 Å². The molecule has 1 fully saturated rings. The van der Waals surface area contributed by atoms with Crippen molar-refractivity contribution in [3.05, 3.63) is 28.8 Å². The van der Waals surface area contributed by atoms with E-state index in [0.29, 0.717) is 0 Å². The summed E-state index contributed by atoms with van der Waals surface area (Å²) in [6, 6.07) is 7.76. The first-order valence-electron chi connectivity index (χ1n) is 5.70. The van der Waals surface area contributed by atoms with Crippen molar-refractivity contribution >= 4 is 21.6 Å². The van der Waals surface area contributed by atoms with Crippen LogP contribution in [0.5, 0.6) is 0 Å². The Morgan fingerprint density at radius 1 is 1.40 bits per heavy atom. The van der Waals surface area contributed by atoms with Gasteiger partial charge in [-0.2, -0.15) is 14.8 Å². The molecule has 1 aliphatic heterocycles. The summed E-state index contributed by atoms with van der Waals surface area (Å²) in [6.07, 6.45) is -0.782. The molecule has 0 amide bonds. The van der Waals surface area contributed by atoms with E-state index in [4.69, 9.17) is 26.9 Å². The van der Waals surface area contributed by atoms with Crippen LogP contribution in [-0.4, -0.2) is 38.5 Å². The third kappa shape index (κ3) is 2.77. The minimum Gasteiger partial charge on any atom is -0.361 e. The zero-order valence-corrected chi connectivity index (χ0v) is 11.9. The van der Waals surface area contributed by atoms with Gasteiger partial charge in [0.15, 0.2) is 6.10 Å². The first-order chi connectivity index (χ1) is 9.48. The maximum atomic E-state index is 12.5. The molecule has 0 radical (unpaired) electrons. The zero-order valence-electron chi connectivity index (χ0n) is 10.3. The van der Waals surface area contributed by atoms with Crippen LogP contribution in [0.3, 0.4) is 0 Å². The molecule has 104 valence electrons. The number of morpholine rings is 1.